The van der Waals surface area contributed by atoms with E-state index in [1.54, 1.807) is 12.5 Å². The summed E-state index contributed by atoms with van der Waals surface area (Å²) in [7, 11) is 0. The first-order chi connectivity index (χ1) is 12.6. The molecule has 0 unspecified atom stereocenters. The summed E-state index contributed by atoms with van der Waals surface area (Å²) in [5, 5.41) is 3.48. The van der Waals surface area contributed by atoms with Gasteiger partial charge in [0.2, 0.25) is 5.28 Å². The summed E-state index contributed by atoms with van der Waals surface area (Å²) in [5.74, 6) is 0.591. The SMILES string of the molecule is CC(C)n1cnc2c(Nc3ccc(-c4cccnc4)cc3)nc(Cl)nc21. The van der Waals surface area contributed by atoms with Crippen LogP contribution in [0.15, 0.2) is 55.1 Å². The number of hydrogen-bond donors (Lipinski definition) is 1. The van der Waals surface area contributed by atoms with E-state index >= 15 is 0 Å². The number of nitrogens with zero attached hydrogens (tertiary/aromatic N) is 5. The van der Waals surface area contributed by atoms with Gasteiger partial charge < -0.3 is 9.88 Å². The second-order valence-corrected chi connectivity index (χ2v) is 6.54. The lowest BCUT2D eigenvalue weighted by molar-refractivity contribution is 0.612. The Morgan fingerprint density at radius 3 is 2.54 bits per heavy atom. The molecule has 6 nitrogen and oxygen atoms in total. The Bertz CT molecular complexity index is 1040. The van der Waals surface area contributed by atoms with Crippen molar-refractivity contribution < 1.29 is 0 Å². The number of aromatic nitrogens is 5. The second kappa shape index (κ2) is 6.72. The molecule has 3 aromatic heterocycles. The molecule has 0 aliphatic heterocycles. The average molecular weight is 365 g/mol. The molecule has 130 valence electrons. The molecular weight excluding hydrogens is 348 g/mol. The monoisotopic (exact) mass is 364 g/mol. The molecule has 1 N–H and O–H groups in total. The Kier molecular flexibility index (Phi) is 4.26. The Morgan fingerprint density at radius 2 is 1.85 bits per heavy atom. The minimum Gasteiger partial charge on any atom is -0.338 e. The first-order valence-electron chi connectivity index (χ1n) is 8.29. The zero-order valence-electron chi connectivity index (χ0n) is 14.4. The van der Waals surface area contributed by atoms with Crippen molar-refractivity contribution in [2.24, 2.45) is 0 Å². The number of hydrogen-bond acceptors (Lipinski definition) is 5. The third kappa shape index (κ3) is 3.11. The van der Waals surface area contributed by atoms with E-state index in [2.05, 4.69) is 39.1 Å². The normalized spacial score (nSPS) is 11.2. The van der Waals surface area contributed by atoms with Gasteiger partial charge in [-0.3, -0.25) is 4.98 Å². The predicted octanol–water partition coefficient (Wildman–Crippen LogP) is 4.87. The fourth-order valence-electron chi connectivity index (χ4n) is 2.77. The van der Waals surface area contributed by atoms with Gasteiger partial charge in [-0.2, -0.15) is 9.97 Å². The number of anilines is 2. The minimum absolute atomic E-state index is 0.189. The molecule has 0 fully saturated rings. The van der Waals surface area contributed by atoms with Crippen LogP contribution >= 0.6 is 11.6 Å². The highest BCUT2D eigenvalue weighted by Crippen LogP contribution is 2.27. The largest absolute Gasteiger partial charge is 0.338 e. The zero-order chi connectivity index (χ0) is 18.1. The Labute approximate surface area is 155 Å². The van der Waals surface area contributed by atoms with Crippen molar-refractivity contribution in [1.82, 2.24) is 24.5 Å². The molecule has 0 saturated carbocycles. The van der Waals surface area contributed by atoms with Crippen LogP contribution in [-0.4, -0.2) is 24.5 Å². The topological polar surface area (TPSA) is 68.5 Å². The average Bonchev–Trinajstić information content (AvgIpc) is 3.07. The first-order valence-corrected chi connectivity index (χ1v) is 8.67. The van der Waals surface area contributed by atoms with Crippen LogP contribution in [0.3, 0.4) is 0 Å². The van der Waals surface area contributed by atoms with Gasteiger partial charge in [0, 0.05) is 24.1 Å². The molecule has 0 atom stereocenters. The summed E-state index contributed by atoms with van der Waals surface area (Å²) >= 11 is 6.12. The number of pyridine rings is 1. The molecule has 0 aliphatic rings. The number of rotatable bonds is 4. The number of imidazole rings is 1. The smallest absolute Gasteiger partial charge is 0.226 e. The lowest BCUT2D eigenvalue weighted by Gasteiger charge is -2.10. The highest BCUT2D eigenvalue weighted by atomic mass is 35.5. The lowest BCUT2D eigenvalue weighted by atomic mass is 10.1. The van der Waals surface area contributed by atoms with Crippen molar-refractivity contribution in [3.8, 4) is 11.1 Å². The van der Waals surface area contributed by atoms with E-state index in [-0.39, 0.29) is 11.3 Å². The predicted molar refractivity (Wildman–Crippen MR) is 104 cm³/mol. The van der Waals surface area contributed by atoms with Gasteiger partial charge in [0.15, 0.2) is 17.0 Å². The van der Waals surface area contributed by atoms with Crippen LogP contribution in [0.2, 0.25) is 5.28 Å². The van der Waals surface area contributed by atoms with E-state index < -0.39 is 0 Å². The van der Waals surface area contributed by atoms with E-state index in [4.69, 9.17) is 11.6 Å². The summed E-state index contributed by atoms with van der Waals surface area (Å²) in [5.41, 5.74) is 4.47. The molecule has 0 radical (unpaired) electrons. The van der Waals surface area contributed by atoms with Gasteiger partial charge in [-0.1, -0.05) is 18.2 Å². The van der Waals surface area contributed by atoms with Crippen LogP contribution < -0.4 is 5.32 Å². The maximum atomic E-state index is 6.12. The molecule has 0 bridgehead atoms. The van der Waals surface area contributed by atoms with Gasteiger partial charge in [0.25, 0.3) is 0 Å². The van der Waals surface area contributed by atoms with Gasteiger partial charge in [0.1, 0.15) is 0 Å². The molecule has 3 heterocycles. The van der Waals surface area contributed by atoms with Crippen LogP contribution in [-0.2, 0) is 0 Å². The van der Waals surface area contributed by atoms with Gasteiger partial charge in [-0.25, -0.2) is 4.98 Å². The van der Waals surface area contributed by atoms with Crippen LogP contribution in [0.4, 0.5) is 11.5 Å². The third-order valence-electron chi connectivity index (χ3n) is 4.09. The molecule has 0 aliphatic carbocycles. The summed E-state index contributed by atoms with van der Waals surface area (Å²) < 4.78 is 1.97. The van der Waals surface area contributed by atoms with Crippen molar-refractivity contribution in [2.75, 3.05) is 5.32 Å². The van der Waals surface area contributed by atoms with Crippen molar-refractivity contribution in [1.29, 1.82) is 0 Å². The summed E-state index contributed by atoms with van der Waals surface area (Å²) in [4.78, 5) is 17.2. The summed E-state index contributed by atoms with van der Waals surface area (Å²) in [6, 6.07) is 12.2. The molecule has 4 rings (SSSR count). The maximum Gasteiger partial charge on any atom is 0.226 e. The Morgan fingerprint density at radius 1 is 1.04 bits per heavy atom. The van der Waals surface area contributed by atoms with Crippen molar-refractivity contribution in [2.45, 2.75) is 19.9 Å². The molecular formula is C19H17ClN6. The molecule has 26 heavy (non-hydrogen) atoms. The molecule has 7 heteroatoms. The van der Waals surface area contributed by atoms with Crippen LogP contribution in [0, 0.1) is 0 Å². The van der Waals surface area contributed by atoms with Crippen molar-refractivity contribution in [3.63, 3.8) is 0 Å². The van der Waals surface area contributed by atoms with E-state index in [9.17, 15) is 0 Å². The number of fused-ring (bicyclic) bond motifs is 1. The quantitative estimate of drug-likeness (QED) is 0.523. The van der Waals surface area contributed by atoms with Crippen LogP contribution in [0.25, 0.3) is 22.3 Å². The van der Waals surface area contributed by atoms with Gasteiger partial charge in [-0.15, -0.1) is 0 Å². The molecule has 0 amide bonds. The molecule has 1 aromatic carbocycles. The van der Waals surface area contributed by atoms with E-state index in [0.717, 1.165) is 22.5 Å². The minimum atomic E-state index is 0.189. The Hall–Kier alpha value is -2.99. The van der Waals surface area contributed by atoms with E-state index in [1.165, 1.54) is 0 Å². The maximum absolute atomic E-state index is 6.12. The second-order valence-electron chi connectivity index (χ2n) is 6.20. The van der Waals surface area contributed by atoms with E-state index in [0.29, 0.717) is 11.3 Å². The Balaban J connectivity index is 1.67. The zero-order valence-corrected chi connectivity index (χ0v) is 15.1. The van der Waals surface area contributed by atoms with Crippen LogP contribution in [0.5, 0.6) is 0 Å². The van der Waals surface area contributed by atoms with E-state index in [1.807, 2.05) is 47.2 Å². The number of halogens is 1. The number of nitrogens with one attached hydrogen (secondary N) is 1. The summed E-state index contributed by atoms with van der Waals surface area (Å²) in [6.07, 6.45) is 5.37. The highest BCUT2D eigenvalue weighted by Gasteiger charge is 2.14. The molecule has 0 saturated heterocycles. The van der Waals surface area contributed by atoms with Gasteiger partial charge in [0.05, 0.1) is 6.33 Å². The first kappa shape index (κ1) is 16.5. The van der Waals surface area contributed by atoms with Crippen LogP contribution in [0.1, 0.15) is 19.9 Å². The summed E-state index contributed by atoms with van der Waals surface area (Å²) in [6.45, 7) is 4.14. The fraction of sp³-hybridized carbons (Fsp3) is 0.158. The lowest BCUT2D eigenvalue weighted by Crippen LogP contribution is -2.02. The van der Waals surface area contributed by atoms with Gasteiger partial charge >= 0.3 is 0 Å². The standard InChI is InChI=1S/C19H17ClN6/c1-12(2)26-11-22-16-17(24-19(20)25-18(16)26)23-15-7-5-13(6-8-15)14-4-3-9-21-10-14/h3-12H,1-2H3,(H,23,24,25). The fourth-order valence-corrected chi connectivity index (χ4v) is 2.94. The molecule has 4 aromatic rings. The third-order valence-corrected chi connectivity index (χ3v) is 4.26. The highest BCUT2D eigenvalue weighted by molar-refractivity contribution is 6.28. The molecule has 0 spiro atoms. The van der Waals surface area contributed by atoms with Crippen molar-refractivity contribution >= 4 is 34.3 Å². The van der Waals surface area contributed by atoms with Crippen molar-refractivity contribution in [3.05, 3.63) is 60.4 Å². The van der Waals surface area contributed by atoms with Gasteiger partial charge in [-0.05, 0) is 54.8 Å². The number of benzene rings is 1.